The van der Waals surface area contributed by atoms with E-state index in [1.54, 1.807) is 11.9 Å². The molecule has 2 aromatic carbocycles. The molecular formula is C17H11Cl3N2O2. The minimum atomic E-state index is -0.613. The van der Waals surface area contributed by atoms with E-state index in [0.29, 0.717) is 10.0 Å². The van der Waals surface area contributed by atoms with Gasteiger partial charge in [-0.25, -0.2) is 4.90 Å². The number of rotatable bonds is 3. The van der Waals surface area contributed by atoms with Crippen LogP contribution < -0.4 is 9.80 Å². The van der Waals surface area contributed by atoms with Crippen LogP contribution in [0.15, 0.2) is 59.3 Å². The number of anilines is 2. The summed E-state index contributed by atoms with van der Waals surface area (Å²) in [5.41, 5.74) is 1.11. The lowest BCUT2D eigenvalue weighted by atomic mass is 10.2. The molecule has 7 heteroatoms. The minimum Gasteiger partial charge on any atom is -0.339 e. The van der Waals surface area contributed by atoms with Gasteiger partial charge in [-0.2, -0.15) is 0 Å². The Bertz CT molecular complexity index is 845. The largest absolute Gasteiger partial charge is 0.339 e. The number of imide groups is 1. The molecule has 0 fully saturated rings. The monoisotopic (exact) mass is 380 g/mol. The number of carbonyl (C=O) groups excluding carboxylic acids is 2. The second kappa shape index (κ2) is 6.48. The fraction of sp³-hybridized carbons (Fsp3) is 0.0588. The van der Waals surface area contributed by atoms with Crippen molar-refractivity contribution in [3.8, 4) is 0 Å². The van der Waals surface area contributed by atoms with E-state index in [2.05, 4.69) is 0 Å². The molecule has 0 aromatic heterocycles. The van der Waals surface area contributed by atoms with Gasteiger partial charge in [-0.05, 0) is 30.3 Å². The van der Waals surface area contributed by atoms with Gasteiger partial charge < -0.3 is 4.90 Å². The Balaban J connectivity index is 2.02. The number of halogens is 3. The molecule has 24 heavy (non-hydrogen) atoms. The molecule has 0 saturated heterocycles. The summed E-state index contributed by atoms with van der Waals surface area (Å²) in [7, 11) is 1.67. The smallest absolute Gasteiger partial charge is 0.283 e. The van der Waals surface area contributed by atoms with Crippen LogP contribution in [0, 0.1) is 0 Å². The average Bonchev–Trinajstić information content (AvgIpc) is 2.76. The Morgan fingerprint density at radius 1 is 0.875 bits per heavy atom. The van der Waals surface area contributed by atoms with E-state index >= 15 is 0 Å². The molecule has 2 aromatic rings. The average molecular weight is 382 g/mol. The number of para-hydroxylation sites is 1. The van der Waals surface area contributed by atoms with Crippen molar-refractivity contribution >= 4 is 58.0 Å². The third kappa shape index (κ3) is 2.88. The predicted molar refractivity (Wildman–Crippen MR) is 96.7 cm³/mol. The van der Waals surface area contributed by atoms with Crippen molar-refractivity contribution in [3.63, 3.8) is 0 Å². The van der Waals surface area contributed by atoms with E-state index in [-0.39, 0.29) is 16.4 Å². The summed E-state index contributed by atoms with van der Waals surface area (Å²) in [6.45, 7) is 0. The zero-order valence-electron chi connectivity index (χ0n) is 12.5. The highest BCUT2D eigenvalue weighted by atomic mass is 35.5. The Morgan fingerprint density at radius 3 is 2.04 bits per heavy atom. The maximum absolute atomic E-state index is 12.8. The molecule has 0 spiro atoms. The fourth-order valence-corrected chi connectivity index (χ4v) is 3.27. The number of hydrogen-bond acceptors (Lipinski definition) is 3. The summed E-state index contributed by atoms with van der Waals surface area (Å²) < 4.78 is 0. The molecule has 0 atom stereocenters. The summed E-state index contributed by atoms with van der Waals surface area (Å²) in [4.78, 5) is 27.8. The zero-order chi connectivity index (χ0) is 17.4. The molecule has 2 amide bonds. The molecule has 1 heterocycles. The van der Waals surface area contributed by atoms with Crippen molar-refractivity contribution < 1.29 is 9.59 Å². The molecule has 122 valence electrons. The number of hydrogen-bond donors (Lipinski definition) is 0. The maximum Gasteiger partial charge on any atom is 0.283 e. The topological polar surface area (TPSA) is 40.6 Å². The molecular weight excluding hydrogens is 371 g/mol. The highest BCUT2D eigenvalue weighted by Gasteiger charge is 2.41. The van der Waals surface area contributed by atoms with Gasteiger partial charge in [0.2, 0.25) is 0 Å². The molecule has 3 rings (SSSR count). The number of benzene rings is 2. The summed E-state index contributed by atoms with van der Waals surface area (Å²) in [6, 6.07) is 13.6. The quantitative estimate of drug-likeness (QED) is 0.737. The van der Waals surface area contributed by atoms with E-state index in [4.69, 9.17) is 34.8 Å². The van der Waals surface area contributed by atoms with Crippen molar-refractivity contribution in [3.05, 3.63) is 69.3 Å². The van der Waals surface area contributed by atoms with Crippen LogP contribution in [-0.4, -0.2) is 18.9 Å². The van der Waals surface area contributed by atoms with Crippen LogP contribution in [0.25, 0.3) is 0 Å². The SMILES string of the molecule is CN(C1=C(Cl)C(=O)N(c2cc(Cl)cc(Cl)c2)C1=O)c1ccccc1. The molecule has 1 aliphatic rings. The lowest BCUT2D eigenvalue weighted by Gasteiger charge is -2.21. The van der Waals surface area contributed by atoms with E-state index in [1.165, 1.54) is 18.2 Å². The summed E-state index contributed by atoms with van der Waals surface area (Å²) in [6.07, 6.45) is 0. The van der Waals surface area contributed by atoms with Crippen LogP contribution in [-0.2, 0) is 9.59 Å². The standard InChI is InChI=1S/C17H11Cl3N2O2/c1-21(12-5-3-2-4-6-12)15-14(20)16(23)22(17(15)24)13-8-10(18)7-11(19)9-13/h2-9H,1H3. The molecule has 0 saturated carbocycles. The third-order valence-corrected chi connectivity index (χ3v) is 4.37. The van der Waals surface area contributed by atoms with Gasteiger partial charge in [-0.15, -0.1) is 0 Å². The lowest BCUT2D eigenvalue weighted by Crippen LogP contribution is -2.34. The predicted octanol–water partition coefficient (Wildman–Crippen LogP) is 4.45. The Kier molecular flexibility index (Phi) is 4.54. The van der Waals surface area contributed by atoms with Gasteiger partial charge >= 0.3 is 0 Å². The van der Waals surface area contributed by atoms with Crippen LogP contribution in [0.1, 0.15) is 0 Å². The maximum atomic E-state index is 12.8. The summed E-state index contributed by atoms with van der Waals surface area (Å²) in [5, 5.41) is 0.487. The van der Waals surface area contributed by atoms with Crippen molar-refractivity contribution in [1.29, 1.82) is 0 Å². The summed E-state index contributed by atoms with van der Waals surface area (Å²) in [5.74, 6) is -1.15. The fourth-order valence-electron chi connectivity index (χ4n) is 2.47. The second-order valence-electron chi connectivity index (χ2n) is 5.13. The number of likely N-dealkylation sites (N-methyl/N-ethyl adjacent to an activating group) is 1. The van der Waals surface area contributed by atoms with Gasteiger partial charge in [-0.1, -0.05) is 53.0 Å². The van der Waals surface area contributed by atoms with Crippen LogP contribution in [0.4, 0.5) is 11.4 Å². The first-order chi connectivity index (χ1) is 11.4. The molecule has 4 nitrogen and oxygen atoms in total. The van der Waals surface area contributed by atoms with Crippen molar-refractivity contribution in [1.82, 2.24) is 0 Å². The van der Waals surface area contributed by atoms with Crippen LogP contribution in [0.5, 0.6) is 0 Å². The molecule has 0 N–H and O–H groups in total. The van der Waals surface area contributed by atoms with Gasteiger partial charge in [0.25, 0.3) is 11.8 Å². The summed E-state index contributed by atoms with van der Waals surface area (Å²) >= 11 is 18.1. The first kappa shape index (κ1) is 16.8. The Labute approximate surface area is 153 Å². The second-order valence-corrected chi connectivity index (χ2v) is 6.38. The van der Waals surface area contributed by atoms with Gasteiger partial charge in [0.05, 0.1) is 5.69 Å². The first-order valence-corrected chi connectivity index (χ1v) is 8.07. The van der Waals surface area contributed by atoms with E-state index in [1.807, 2.05) is 30.3 Å². The molecule has 0 radical (unpaired) electrons. The third-order valence-electron chi connectivity index (χ3n) is 3.59. The molecule has 0 unspecified atom stereocenters. The molecule has 0 aliphatic carbocycles. The van der Waals surface area contributed by atoms with Crippen LogP contribution in [0.3, 0.4) is 0 Å². The van der Waals surface area contributed by atoms with E-state index in [9.17, 15) is 9.59 Å². The van der Waals surface area contributed by atoms with Gasteiger partial charge in [0.15, 0.2) is 0 Å². The Hall–Kier alpha value is -2.01. The molecule has 1 aliphatic heterocycles. The zero-order valence-corrected chi connectivity index (χ0v) is 14.7. The Morgan fingerprint density at radius 2 is 1.46 bits per heavy atom. The highest BCUT2D eigenvalue weighted by molar-refractivity contribution is 6.53. The van der Waals surface area contributed by atoms with E-state index in [0.717, 1.165) is 10.6 Å². The van der Waals surface area contributed by atoms with Crippen LogP contribution >= 0.6 is 34.8 Å². The number of nitrogens with zero attached hydrogens (tertiary/aromatic N) is 2. The van der Waals surface area contributed by atoms with Crippen molar-refractivity contribution in [2.75, 3.05) is 16.8 Å². The molecule has 0 bridgehead atoms. The number of amides is 2. The highest BCUT2D eigenvalue weighted by Crippen LogP contribution is 2.34. The van der Waals surface area contributed by atoms with Crippen LogP contribution in [0.2, 0.25) is 10.0 Å². The van der Waals surface area contributed by atoms with Gasteiger partial charge in [0.1, 0.15) is 10.7 Å². The normalized spacial score (nSPS) is 14.6. The van der Waals surface area contributed by atoms with Gasteiger partial charge in [-0.3, -0.25) is 9.59 Å². The van der Waals surface area contributed by atoms with Crippen molar-refractivity contribution in [2.24, 2.45) is 0 Å². The lowest BCUT2D eigenvalue weighted by molar-refractivity contribution is -0.120. The number of carbonyl (C=O) groups is 2. The first-order valence-electron chi connectivity index (χ1n) is 6.93. The minimum absolute atomic E-state index is 0.101. The van der Waals surface area contributed by atoms with E-state index < -0.39 is 11.8 Å². The van der Waals surface area contributed by atoms with Gasteiger partial charge in [0, 0.05) is 22.8 Å². The van der Waals surface area contributed by atoms with Crippen molar-refractivity contribution in [2.45, 2.75) is 0 Å².